The molecular formula is C11H19NO2. The smallest absolute Gasteiger partial charge is 0.0938 e. The van der Waals surface area contributed by atoms with E-state index in [1.54, 1.807) is 0 Å². The molecule has 0 aromatic heterocycles. The molecule has 3 nitrogen and oxygen atoms in total. The van der Waals surface area contributed by atoms with Crippen molar-refractivity contribution in [1.29, 1.82) is 0 Å². The predicted molar refractivity (Wildman–Crippen MR) is 52.8 cm³/mol. The summed E-state index contributed by atoms with van der Waals surface area (Å²) in [5.74, 6) is 2.92. The number of β-amino-alcohol motifs (C(OH)–C–C–N with tert-alkyl or cyclic N) is 2. The molecular weight excluding hydrogens is 178 g/mol. The van der Waals surface area contributed by atoms with E-state index in [-0.39, 0.29) is 0 Å². The molecule has 4 atom stereocenters. The van der Waals surface area contributed by atoms with Crippen LogP contribution in [-0.2, 0) is 0 Å². The van der Waals surface area contributed by atoms with Gasteiger partial charge in [-0.15, -0.1) is 0 Å². The van der Waals surface area contributed by atoms with Gasteiger partial charge < -0.3 is 10.2 Å². The van der Waals surface area contributed by atoms with Crippen molar-refractivity contribution in [2.45, 2.75) is 31.5 Å². The second-order valence-corrected chi connectivity index (χ2v) is 5.45. The molecule has 0 radical (unpaired) electrons. The van der Waals surface area contributed by atoms with Crippen LogP contribution in [-0.4, -0.2) is 47.0 Å². The van der Waals surface area contributed by atoms with Gasteiger partial charge in [-0.2, -0.15) is 0 Å². The predicted octanol–water partition coefficient (Wildman–Crippen LogP) is 0.0699. The van der Waals surface area contributed by atoms with Gasteiger partial charge in [-0.25, -0.2) is 0 Å². The van der Waals surface area contributed by atoms with Gasteiger partial charge in [-0.1, -0.05) is 0 Å². The summed E-state index contributed by atoms with van der Waals surface area (Å²) < 4.78 is 0. The largest absolute Gasteiger partial charge is 0.389 e. The molecule has 80 valence electrons. The Morgan fingerprint density at radius 2 is 1.50 bits per heavy atom. The molecule has 2 aliphatic carbocycles. The van der Waals surface area contributed by atoms with Gasteiger partial charge in [0, 0.05) is 19.6 Å². The fourth-order valence-corrected chi connectivity index (χ4v) is 3.35. The minimum absolute atomic E-state index is 0.508. The molecule has 1 aliphatic heterocycles. The fourth-order valence-electron chi connectivity index (χ4n) is 3.35. The van der Waals surface area contributed by atoms with E-state index in [1.165, 1.54) is 19.3 Å². The summed E-state index contributed by atoms with van der Waals surface area (Å²) in [6, 6.07) is 0. The fraction of sp³-hybridized carbons (Fsp3) is 1.00. The molecule has 3 rings (SSSR count). The van der Waals surface area contributed by atoms with Crippen LogP contribution >= 0.6 is 0 Å². The summed E-state index contributed by atoms with van der Waals surface area (Å²) in [6.07, 6.45) is 3.25. The highest BCUT2D eigenvalue weighted by Crippen LogP contribution is 2.54. The Hall–Kier alpha value is -0.120. The molecule has 1 saturated heterocycles. The Labute approximate surface area is 84.7 Å². The van der Waals surface area contributed by atoms with Gasteiger partial charge in [0.2, 0.25) is 0 Å². The molecule has 0 aromatic rings. The van der Waals surface area contributed by atoms with Crippen molar-refractivity contribution in [3.63, 3.8) is 0 Å². The SMILES string of the molecule is O[C@@H]1CN(CC2CC3CC3C2)C[C@@H]1O. The molecule has 0 bridgehead atoms. The highest BCUT2D eigenvalue weighted by Gasteiger charge is 2.46. The molecule has 3 heteroatoms. The van der Waals surface area contributed by atoms with E-state index in [0.717, 1.165) is 24.3 Å². The van der Waals surface area contributed by atoms with Crippen LogP contribution in [0.15, 0.2) is 0 Å². The quantitative estimate of drug-likeness (QED) is 0.658. The average molecular weight is 197 g/mol. The first-order valence-corrected chi connectivity index (χ1v) is 5.81. The monoisotopic (exact) mass is 197 g/mol. The molecule has 2 unspecified atom stereocenters. The number of likely N-dealkylation sites (tertiary alicyclic amines) is 1. The van der Waals surface area contributed by atoms with Crippen LogP contribution in [0.2, 0.25) is 0 Å². The Morgan fingerprint density at radius 1 is 0.929 bits per heavy atom. The number of hydrogen-bond donors (Lipinski definition) is 2. The molecule has 2 N–H and O–H groups in total. The molecule has 0 aromatic carbocycles. The maximum Gasteiger partial charge on any atom is 0.0938 e. The van der Waals surface area contributed by atoms with Crippen LogP contribution < -0.4 is 0 Å². The third kappa shape index (κ3) is 1.58. The summed E-state index contributed by atoms with van der Waals surface area (Å²) >= 11 is 0. The minimum Gasteiger partial charge on any atom is -0.389 e. The molecule has 2 saturated carbocycles. The molecule has 1 heterocycles. The first-order chi connectivity index (χ1) is 6.72. The molecule has 3 fully saturated rings. The van der Waals surface area contributed by atoms with Crippen LogP contribution in [0.3, 0.4) is 0 Å². The van der Waals surface area contributed by atoms with Crippen molar-refractivity contribution in [2.24, 2.45) is 17.8 Å². The maximum absolute atomic E-state index is 9.41. The van der Waals surface area contributed by atoms with Gasteiger partial charge in [0.05, 0.1) is 12.2 Å². The lowest BCUT2D eigenvalue weighted by atomic mass is 10.0. The van der Waals surface area contributed by atoms with Gasteiger partial charge in [0.1, 0.15) is 0 Å². The van der Waals surface area contributed by atoms with Gasteiger partial charge >= 0.3 is 0 Å². The normalized spacial score (nSPS) is 52.3. The van der Waals surface area contributed by atoms with Crippen molar-refractivity contribution >= 4 is 0 Å². The zero-order valence-corrected chi connectivity index (χ0v) is 8.47. The van der Waals surface area contributed by atoms with Crippen molar-refractivity contribution in [1.82, 2.24) is 4.90 Å². The highest BCUT2D eigenvalue weighted by atomic mass is 16.3. The topological polar surface area (TPSA) is 43.7 Å². The zero-order chi connectivity index (χ0) is 9.71. The lowest BCUT2D eigenvalue weighted by Crippen LogP contribution is -2.28. The lowest BCUT2D eigenvalue weighted by Gasteiger charge is -2.20. The molecule has 0 amide bonds. The number of rotatable bonds is 2. The first-order valence-electron chi connectivity index (χ1n) is 5.81. The maximum atomic E-state index is 9.41. The van der Waals surface area contributed by atoms with Gasteiger partial charge in [0.25, 0.3) is 0 Å². The minimum atomic E-state index is -0.508. The van der Waals surface area contributed by atoms with Crippen molar-refractivity contribution in [3.05, 3.63) is 0 Å². The van der Waals surface area contributed by atoms with Crippen LogP contribution in [0.5, 0.6) is 0 Å². The summed E-state index contributed by atoms with van der Waals surface area (Å²) in [4.78, 5) is 2.23. The van der Waals surface area contributed by atoms with E-state index in [1.807, 2.05) is 0 Å². The summed E-state index contributed by atoms with van der Waals surface area (Å²) in [5, 5.41) is 18.8. The van der Waals surface area contributed by atoms with Gasteiger partial charge in [-0.05, 0) is 37.0 Å². The number of fused-ring (bicyclic) bond motifs is 1. The van der Waals surface area contributed by atoms with Crippen LogP contribution in [0.1, 0.15) is 19.3 Å². The first kappa shape index (κ1) is 9.13. The number of aliphatic hydroxyl groups is 2. The third-order valence-corrected chi connectivity index (χ3v) is 4.19. The number of hydrogen-bond acceptors (Lipinski definition) is 3. The van der Waals surface area contributed by atoms with Crippen LogP contribution in [0, 0.1) is 17.8 Å². The van der Waals surface area contributed by atoms with Crippen molar-refractivity contribution in [2.75, 3.05) is 19.6 Å². The standard InChI is InChI=1S/C11H19NO2/c13-10-5-12(6-11(10)14)4-7-1-8-3-9(8)2-7/h7-11,13-14H,1-6H2/t7?,8?,9?,10-,11+. The van der Waals surface area contributed by atoms with Crippen molar-refractivity contribution < 1.29 is 10.2 Å². The van der Waals surface area contributed by atoms with Crippen LogP contribution in [0.25, 0.3) is 0 Å². The average Bonchev–Trinajstić information content (AvgIpc) is 2.60. The zero-order valence-electron chi connectivity index (χ0n) is 8.47. The molecule has 0 spiro atoms. The van der Waals surface area contributed by atoms with E-state index in [9.17, 15) is 10.2 Å². The van der Waals surface area contributed by atoms with E-state index >= 15 is 0 Å². The van der Waals surface area contributed by atoms with E-state index in [0.29, 0.717) is 13.1 Å². The summed E-state index contributed by atoms with van der Waals surface area (Å²) in [5.41, 5.74) is 0. The number of nitrogens with zero attached hydrogens (tertiary/aromatic N) is 1. The van der Waals surface area contributed by atoms with E-state index in [2.05, 4.69) is 4.90 Å². The summed E-state index contributed by atoms with van der Waals surface area (Å²) in [6.45, 7) is 2.45. The second-order valence-electron chi connectivity index (χ2n) is 5.45. The van der Waals surface area contributed by atoms with Gasteiger partial charge in [0.15, 0.2) is 0 Å². The van der Waals surface area contributed by atoms with Crippen molar-refractivity contribution in [3.8, 4) is 0 Å². The van der Waals surface area contributed by atoms with E-state index < -0.39 is 12.2 Å². The Balaban J connectivity index is 1.49. The molecule has 14 heavy (non-hydrogen) atoms. The van der Waals surface area contributed by atoms with Crippen LogP contribution in [0.4, 0.5) is 0 Å². The highest BCUT2D eigenvalue weighted by molar-refractivity contribution is 4.97. The van der Waals surface area contributed by atoms with E-state index in [4.69, 9.17) is 0 Å². The Kier molecular flexibility index (Phi) is 2.08. The summed E-state index contributed by atoms with van der Waals surface area (Å²) in [7, 11) is 0. The molecule has 3 aliphatic rings. The number of aliphatic hydroxyl groups excluding tert-OH is 2. The Morgan fingerprint density at radius 3 is 2.07 bits per heavy atom. The lowest BCUT2D eigenvalue weighted by molar-refractivity contribution is 0.0572. The second kappa shape index (κ2) is 3.19. The third-order valence-electron chi connectivity index (χ3n) is 4.19. The van der Waals surface area contributed by atoms with Gasteiger partial charge in [-0.3, -0.25) is 4.90 Å². The Bertz CT molecular complexity index is 213.